The van der Waals surface area contributed by atoms with E-state index in [9.17, 15) is 9.59 Å². The highest BCUT2D eigenvalue weighted by Gasteiger charge is 2.28. The second-order valence-corrected chi connectivity index (χ2v) is 10.6. The van der Waals surface area contributed by atoms with Crippen molar-refractivity contribution in [3.8, 4) is 5.75 Å². The summed E-state index contributed by atoms with van der Waals surface area (Å²) >= 11 is 14.2. The molecule has 2 aromatic rings. The predicted octanol–water partition coefficient (Wildman–Crippen LogP) is 6.27. The number of amides is 2. The van der Waals surface area contributed by atoms with Crippen molar-refractivity contribution in [2.75, 3.05) is 25.1 Å². The van der Waals surface area contributed by atoms with Gasteiger partial charge in [-0.15, -0.1) is 11.3 Å². The van der Waals surface area contributed by atoms with Gasteiger partial charge in [-0.1, -0.05) is 36.5 Å². The summed E-state index contributed by atoms with van der Waals surface area (Å²) in [6.45, 7) is 3.79. The average Bonchev–Trinajstić information content (AvgIpc) is 3.46. The molecule has 9 heteroatoms. The van der Waals surface area contributed by atoms with E-state index in [-0.39, 0.29) is 28.0 Å². The molecule has 0 bridgehead atoms. The summed E-state index contributed by atoms with van der Waals surface area (Å²) in [5, 5.41) is 7.10. The molecule has 1 saturated heterocycles. The minimum Gasteiger partial charge on any atom is -0.490 e. The first-order chi connectivity index (χ1) is 16.5. The lowest BCUT2D eigenvalue weighted by molar-refractivity contribution is 0.0858. The number of ether oxygens (including phenoxy) is 2. The molecular formula is C25H30Cl2N2O4S. The number of benzene rings is 1. The number of halogens is 2. The van der Waals surface area contributed by atoms with Crippen LogP contribution in [0.15, 0.2) is 12.1 Å². The maximum Gasteiger partial charge on any atom is 0.256 e. The average molecular weight is 525 g/mol. The van der Waals surface area contributed by atoms with Gasteiger partial charge in [0.15, 0.2) is 5.75 Å². The second kappa shape index (κ2) is 11.8. The van der Waals surface area contributed by atoms with Crippen LogP contribution in [0.4, 0.5) is 5.00 Å². The smallest absolute Gasteiger partial charge is 0.256 e. The lowest BCUT2D eigenvalue weighted by Gasteiger charge is -2.15. The summed E-state index contributed by atoms with van der Waals surface area (Å²) in [7, 11) is 0. The Hall–Kier alpha value is -1.80. The SMILES string of the molecule is CCCCOc1c(Cl)cc(C(=O)Nc2sc3c(c2C(=O)NCC2CCCO2)CCCC3)cc1Cl. The molecule has 1 aliphatic carbocycles. The molecule has 2 heterocycles. The van der Waals surface area contributed by atoms with Crippen LogP contribution in [0, 0.1) is 0 Å². The predicted molar refractivity (Wildman–Crippen MR) is 137 cm³/mol. The van der Waals surface area contributed by atoms with Gasteiger partial charge in [0.1, 0.15) is 5.00 Å². The van der Waals surface area contributed by atoms with Crippen molar-refractivity contribution < 1.29 is 19.1 Å². The maximum atomic E-state index is 13.2. The number of thiophene rings is 1. The fourth-order valence-corrected chi connectivity index (χ4v) is 6.20. The zero-order chi connectivity index (χ0) is 24.1. The molecule has 4 rings (SSSR count). The van der Waals surface area contributed by atoms with E-state index < -0.39 is 0 Å². The van der Waals surface area contributed by atoms with Gasteiger partial charge < -0.3 is 20.1 Å². The van der Waals surface area contributed by atoms with Crippen LogP contribution in [0.1, 0.15) is 76.6 Å². The third-order valence-corrected chi connectivity index (χ3v) is 7.91. The third-order valence-electron chi connectivity index (χ3n) is 6.14. The minimum absolute atomic E-state index is 0.0544. The highest BCUT2D eigenvalue weighted by Crippen LogP contribution is 2.39. The van der Waals surface area contributed by atoms with Crippen LogP contribution in [0.5, 0.6) is 5.75 Å². The monoisotopic (exact) mass is 524 g/mol. The molecule has 2 N–H and O–H groups in total. The molecule has 6 nitrogen and oxygen atoms in total. The minimum atomic E-state index is -0.365. The Labute approximate surface area is 214 Å². The van der Waals surface area contributed by atoms with Gasteiger partial charge in [0, 0.05) is 23.6 Å². The molecule has 1 fully saturated rings. The van der Waals surface area contributed by atoms with Crippen molar-refractivity contribution in [3.05, 3.63) is 43.7 Å². The molecule has 2 amide bonds. The van der Waals surface area contributed by atoms with Crippen LogP contribution < -0.4 is 15.4 Å². The lowest BCUT2D eigenvalue weighted by Crippen LogP contribution is -2.32. The van der Waals surface area contributed by atoms with Crippen molar-refractivity contribution in [1.29, 1.82) is 0 Å². The van der Waals surface area contributed by atoms with E-state index in [1.807, 2.05) is 0 Å². The third kappa shape index (κ3) is 5.88. The van der Waals surface area contributed by atoms with Gasteiger partial charge in [0.05, 0.1) is 28.3 Å². The number of anilines is 1. The molecule has 0 radical (unpaired) electrons. The number of carbonyl (C=O) groups is 2. The van der Waals surface area contributed by atoms with Crippen molar-refractivity contribution in [2.24, 2.45) is 0 Å². The van der Waals surface area contributed by atoms with Crippen molar-refractivity contribution in [3.63, 3.8) is 0 Å². The molecule has 1 unspecified atom stereocenters. The molecule has 34 heavy (non-hydrogen) atoms. The Bertz CT molecular complexity index is 1030. The van der Waals surface area contributed by atoms with E-state index in [0.717, 1.165) is 63.5 Å². The molecular weight excluding hydrogens is 495 g/mol. The van der Waals surface area contributed by atoms with E-state index in [4.69, 9.17) is 32.7 Å². The van der Waals surface area contributed by atoms with Gasteiger partial charge in [0.2, 0.25) is 0 Å². The molecule has 1 atom stereocenters. The van der Waals surface area contributed by atoms with Crippen LogP contribution in [-0.4, -0.2) is 37.7 Å². The number of nitrogens with one attached hydrogen (secondary N) is 2. The molecule has 0 saturated carbocycles. The molecule has 184 valence electrons. The van der Waals surface area contributed by atoms with E-state index in [2.05, 4.69) is 17.6 Å². The Kier molecular flexibility index (Phi) is 8.75. The van der Waals surface area contributed by atoms with Crippen LogP contribution in [0.3, 0.4) is 0 Å². The first-order valence-electron chi connectivity index (χ1n) is 12.0. The highest BCUT2D eigenvalue weighted by molar-refractivity contribution is 7.17. The summed E-state index contributed by atoms with van der Waals surface area (Å²) in [6, 6.07) is 3.10. The van der Waals surface area contributed by atoms with Crippen LogP contribution in [0.2, 0.25) is 10.0 Å². The van der Waals surface area contributed by atoms with E-state index >= 15 is 0 Å². The largest absolute Gasteiger partial charge is 0.490 e. The maximum absolute atomic E-state index is 13.2. The summed E-state index contributed by atoms with van der Waals surface area (Å²) in [5.41, 5.74) is 1.94. The van der Waals surface area contributed by atoms with Crippen molar-refractivity contribution in [2.45, 2.75) is 64.4 Å². The Morgan fingerprint density at radius 2 is 1.91 bits per heavy atom. The quantitative estimate of drug-likeness (QED) is 0.378. The summed E-state index contributed by atoms with van der Waals surface area (Å²) in [5.74, 6) is -0.147. The zero-order valence-corrected chi connectivity index (χ0v) is 21.6. The van der Waals surface area contributed by atoms with Gasteiger partial charge in [-0.25, -0.2) is 0 Å². The van der Waals surface area contributed by atoms with Gasteiger partial charge in [0.25, 0.3) is 11.8 Å². The van der Waals surface area contributed by atoms with Gasteiger partial charge in [-0.05, 0) is 62.6 Å². The summed E-state index contributed by atoms with van der Waals surface area (Å²) in [6.07, 6.45) is 7.78. The first kappa shape index (κ1) is 25.3. The van der Waals surface area contributed by atoms with E-state index in [0.29, 0.717) is 35.0 Å². The lowest BCUT2D eigenvalue weighted by atomic mass is 9.95. The molecule has 1 aromatic heterocycles. The Morgan fingerprint density at radius 1 is 1.15 bits per heavy atom. The summed E-state index contributed by atoms with van der Waals surface area (Å²) in [4.78, 5) is 27.5. The number of unbranched alkanes of at least 4 members (excludes halogenated alkanes) is 1. The number of hydrogen-bond donors (Lipinski definition) is 2. The fraction of sp³-hybridized carbons (Fsp3) is 0.520. The van der Waals surface area contributed by atoms with E-state index in [1.165, 1.54) is 16.2 Å². The van der Waals surface area contributed by atoms with Crippen molar-refractivity contribution >= 4 is 51.4 Å². The second-order valence-electron chi connectivity index (χ2n) is 8.69. The molecule has 0 spiro atoms. The number of carbonyl (C=O) groups excluding carboxylic acids is 2. The van der Waals surface area contributed by atoms with Crippen LogP contribution >= 0.6 is 34.5 Å². The topological polar surface area (TPSA) is 76.7 Å². The standard InChI is InChI=1S/C25H30Cl2N2O4S/c1-2-3-10-33-22-18(26)12-15(13-19(22)27)23(30)29-25-21(17-8-4-5-9-20(17)34-25)24(31)28-14-16-7-6-11-32-16/h12-13,16H,2-11,14H2,1H3,(H,28,31)(H,29,30). The van der Waals surface area contributed by atoms with Gasteiger partial charge >= 0.3 is 0 Å². The molecule has 1 aliphatic heterocycles. The Morgan fingerprint density at radius 3 is 2.62 bits per heavy atom. The van der Waals surface area contributed by atoms with Crippen molar-refractivity contribution in [1.82, 2.24) is 5.32 Å². The zero-order valence-electron chi connectivity index (χ0n) is 19.3. The molecule has 2 aliphatic rings. The first-order valence-corrected chi connectivity index (χ1v) is 13.5. The number of aryl methyl sites for hydroxylation is 1. The van der Waals surface area contributed by atoms with Crippen LogP contribution in [-0.2, 0) is 17.6 Å². The number of fused-ring (bicyclic) bond motifs is 1. The number of rotatable bonds is 9. The normalized spacial score (nSPS) is 17.3. The van der Waals surface area contributed by atoms with Crippen LogP contribution in [0.25, 0.3) is 0 Å². The van der Waals surface area contributed by atoms with E-state index in [1.54, 1.807) is 12.1 Å². The van der Waals surface area contributed by atoms with Gasteiger partial charge in [-0.2, -0.15) is 0 Å². The Balaban J connectivity index is 1.53. The fourth-order valence-electron chi connectivity index (χ4n) is 4.32. The highest BCUT2D eigenvalue weighted by atomic mass is 35.5. The van der Waals surface area contributed by atoms with Gasteiger partial charge in [-0.3, -0.25) is 9.59 Å². The molecule has 1 aromatic carbocycles. The number of hydrogen-bond acceptors (Lipinski definition) is 5. The summed E-state index contributed by atoms with van der Waals surface area (Å²) < 4.78 is 11.3.